The predicted octanol–water partition coefficient (Wildman–Crippen LogP) is 2.63. The van der Waals surface area contributed by atoms with Crippen LogP contribution in [0, 0.1) is 11.8 Å². The molecule has 1 heterocycles. The normalized spacial score (nSPS) is 28.8. The Labute approximate surface area is 124 Å². The summed E-state index contributed by atoms with van der Waals surface area (Å²) < 4.78 is 5.63. The lowest BCUT2D eigenvalue weighted by Crippen LogP contribution is -2.51. The van der Waals surface area contributed by atoms with E-state index >= 15 is 0 Å². The lowest BCUT2D eigenvalue weighted by molar-refractivity contribution is -0.138. The second-order valence-electron chi connectivity index (χ2n) is 6.70. The highest BCUT2D eigenvalue weighted by Crippen LogP contribution is 2.31. The summed E-state index contributed by atoms with van der Waals surface area (Å²) >= 11 is 0. The molecule has 0 spiro atoms. The third kappa shape index (κ3) is 3.34. The number of carbonyl (C=O) groups excluding carboxylic acids is 1. The van der Waals surface area contributed by atoms with Crippen LogP contribution in [0.5, 0.6) is 0 Å². The molecule has 0 aromatic rings. The van der Waals surface area contributed by atoms with Gasteiger partial charge in [0.1, 0.15) is 0 Å². The number of carbonyl (C=O) groups is 1. The van der Waals surface area contributed by atoms with E-state index in [-0.39, 0.29) is 18.1 Å². The van der Waals surface area contributed by atoms with Gasteiger partial charge in [-0.1, -0.05) is 34.6 Å². The Kier molecular flexibility index (Phi) is 6.02. The molecule has 3 unspecified atom stereocenters. The van der Waals surface area contributed by atoms with Crippen molar-refractivity contribution in [3.05, 3.63) is 0 Å². The van der Waals surface area contributed by atoms with Crippen LogP contribution < -0.4 is 5.32 Å². The van der Waals surface area contributed by atoms with Crippen LogP contribution in [0.4, 0.5) is 0 Å². The minimum absolute atomic E-state index is 0.0975. The number of nitrogens with one attached hydrogen (secondary N) is 1. The van der Waals surface area contributed by atoms with Crippen molar-refractivity contribution in [1.29, 1.82) is 0 Å². The van der Waals surface area contributed by atoms with E-state index in [1.54, 1.807) is 0 Å². The van der Waals surface area contributed by atoms with E-state index in [0.717, 1.165) is 6.42 Å². The first-order valence-corrected chi connectivity index (χ1v) is 7.96. The third-order valence-corrected chi connectivity index (χ3v) is 4.43. The monoisotopic (exact) mass is 284 g/mol. The van der Waals surface area contributed by atoms with Gasteiger partial charge in [-0.2, -0.15) is 0 Å². The fourth-order valence-electron chi connectivity index (χ4n) is 2.80. The zero-order valence-electron chi connectivity index (χ0n) is 14.2. The van der Waals surface area contributed by atoms with Crippen molar-refractivity contribution in [2.24, 2.45) is 11.8 Å². The number of ether oxygens (including phenoxy) is 1. The van der Waals surface area contributed by atoms with Crippen LogP contribution in [-0.2, 0) is 9.53 Å². The highest BCUT2D eigenvalue weighted by atomic mass is 16.5. The Bertz CT molecular complexity index is 330. The van der Waals surface area contributed by atoms with Crippen molar-refractivity contribution in [3.63, 3.8) is 0 Å². The summed E-state index contributed by atoms with van der Waals surface area (Å²) in [6.45, 7) is 16.0. The number of nitrogens with zero attached hydrogens (tertiary/aromatic N) is 1. The summed E-state index contributed by atoms with van der Waals surface area (Å²) in [5.74, 6) is 0.986. The smallest absolute Gasteiger partial charge is 0.244 e. The molecule has 118 valence electrons. The van der Waals surface area contributed by atoms with Crippen LogP contribution in [0.3, 0.4) is 0 Å². The molecular weight excluding hydrogens is 252 g/mol. The van der Waals surface area contributed by atoms with E-state index in [0.29, 0.717) is 25.0 Å². The van der Waals surface area contributed by atoms with Gasteiger partial charge in [0.05, 0.1) is 24.4 Å². The lowest BCUT2D eigenvalue weighted by atomic mass is 9.97. The van der Waals surface area contributed by atoms with E-state index in [1.165, 1.54) is 0 Å². The summed E-state index contributed by atoms with van der Waals surface area (Å²) in [6, 6.07) is 0.135. The highest BCUT2D eigenvalue weighted by Gasteiger charge is 2.50. The molecule has 4 nitrogen and oxygen atoms in total. The largest absolute Gasteiger partial charge is 0.380 e. The minimum atomic E-state index is -0.436. The maximum absolute atomic E-state index is 12.9. The van der Waals surface area contributed by atoms with Gasteiger partial charge in [0.25, 0.3) is 0 Å². The first-order valence-electron chi connectivity index (χ1n) is 7.96. The second kappa shape index (κ2) is 6.90. The molecule has 3 atom stereocenters. The molecule has 1 aliphatic rings. The minimum Gasteiger partial charge on any atom is -0.380 e. The standard InChI is InChI=1S/C16H32N2O2/c1-8-16(7)15(19)18(14(17-16)12(5)6)13(11(3)4)10-20-9-2/h11-14,17H,8-10H2,1-7H3. The number of rotatable bonds is 7. The van der Waals surface area contributed by atoms with Crippen LogP contribution in [0.1, 0.15) is 54.9 Å². The molecule has 0 radical (unpaired) electrons. The van der Waals surface area contributed by atoms with Crippen LogP contribution >= 0.6 is 0 Å². The summed E-state index contributed by atoms with van der Waals surface area (Å²) in [5.41, 5.74) is -0.436. The summed E-state index contributed by atoms with van der Waals surface area (Å²) in [4.78, 5) is 14.9. The van der Waals surface area contributed by atoms with Gasteiger partial charge in [-0.25, -0.2) is 0 Å². The molecule has 0 bridgehead atoms. The summed E-state index contributed by atoms with van der Waals surface area (Å²) in [6.07, 6.45) is 0.908. The molecule has 1 amide bonds. The van der Waals surface area contributed by atoms with Gasteiger partial charge in [0, 0.05) is 6.61 Å². The molecule has 1 rings (SSSR count). The van der Waals surface area contributed by atoms with Crippen molar-refractivity contribution in [1.82, 2.24) is 10.2 Å². The highest BCUT2D eigenvalue weighted by molar-refractivity contribution is 5.88. The van der Waals surface area contributed by atoms with E-state index in [9.17, 15) is 4.79 Å². The molecule has 0 aliphatic carbocycles. The maximum Gasteiger partial charge on any atom is 0.244 e. The molecule has 4 heteroatoms. The zero-order chi connectivity index (χ0) is 15.5. The fraction of sp³-hybridized carbons (Fsp3) is 0.938. The molecular formula is C16H32N2O2. The number of hydrogen-bond donors (Lipinski definition) is 1. The molecule has 1 N–H and O–H groups in total. The van der Waals surface area contributed by atoms with Crippen molar-refractivity contribution in [2.45, 2.75) is 72.6 Å². The zero-order valence-corrected chi connectivity index (χ0v) is 14.2. The van der Waals surface area contributed by atoms with Gasteiger partial charge < -0.3 is 9.64 Å². The topological polar surface area (TPSA) is 41.6 Å². The Hall–Kier alpha value is -0.610. The average Bonchev–Trinajstić information content (AvgIpc) is 2.65. The third-order valence-electron chi connectivity index (χ3n) is 4.43. The molecule has 1 saturated heterocycles. The number of hydrogen-bond acceptors (Lipinski definition) is 3. The van der Waals surface area contributed by atoms with Gasteiger partial charge in [0.2, 0.25) is 5.91 Å². The Morgan fingerprint density at radius 1 is 1.30 bits per heavy atom. The maximum atomic E-state index is 12.9. The average molecular weight is 284 g/mol. The Morgan fingerprint density at radius 2 is 1.90 bits per heavy atom. The predicted molar refractivity (Wildman–Crippen MR) is 82.4 cm³/mol. The Balaban J connectivity index is 3.05. The van der Waals surface area contributed by atoms with Gasteiger partial charge in [-0.05, 0) is 32.1 Å². The SMILES string of the molecule is CCOCC(C(C)C)N1C(=O)C(C)(CC)NC1C(C)C. The first kappa shape index (κ1) is 17.4. The van der Waals surface area contributed by atoms with Crippen molar-refractivity contribution in [2.75, 3.05) is 13.2 Å². The second-order valence-corrected chi connectivity index (χ2v) is 6.70. The number of amides is 1. The van der Waals surface area contributed by atoms with E-state index in [2.05, 4.69) is 44.8 Å². The van der Waals surface area contributed by atoms with Crippen LogP contribution in [-0.4, -0.2) is 41.8 Å². The van der Waals surface area contributed by atoms with Crippen molar-refractivity contribution < 1.29 is 9.53 Å². The summed E-state index contributed by atoms with van der Waals surface area (Å²) in [5, 5.41) is 3.55. The van der Waals surface area contributed by atoms with E-state index < -0.39 is 5.54 Å². The van der Waals surface area contributed by atoms with Crippen LogP contribution in [0.25, 0.3) is 0 Å². The van der Waals surface area contributed by atoms with Gasteiger partial charge >= 0.3 is 0 Å². The van der Waals surface area contributed by atoms with Gasteiger partial charge in [0.15, 0.2) is 0 Å². The molecule has 1 fully saturated rings. The lowest BCUT2D eigenvalue weighted by Gasteiger charge is -2.36. The molecule has 0 saturated carbocycles. The molecule has 0 aromatic heterocycles. The Morgan fingerprint density at radius 3 is 2.30 bits per heavy atom. The first-order chi connectivity index (χ1) is 9.28. The summed E-state index contributed by atoms with van der Waals surface area (Å²) in [7, 11) is 0. The molecule has 1 aliphatic heterocycles. The van der Waals surface area contributed by atoms with Gasteiger partial charge in [-0.3, -0.25) is 10.1 Å². The van der Waals surface area contributed by atoms with Crippen molar-refractivity contribution in [3.8, 4) is 0 Å². The van der Waals surface area contributed by atoms with Gasteiger partial charge in [-0.15, -0.1) is 0 Å². The van der Waals surface area contributed by atoms with E-state index in [1.807, 2.05) is 13.8 Å². The molecule has 0 aromatic carbocycles. The van der Waals surface area contributed by atoms with Crippen LogP contribution in [0.2, 0.25) is 0 Å². The van der Waals surface area contributed by atoms with Crippen molar-refractivity contribution >= 4 is 5.91 Å². The molecule has 20 heavy (non-hydrogen) atoms. The van der Waals surface area contributed by atoms with E-state index in [4.69, 9.17) is 4.74 Å². The fourth-order valence-corrected chi connectivity index (χ4v) is 2.80. The quantitative estimate of drug-likeness (QED) is 0.781. The van der Waals surface area contributed by atoms with Crippen LogP contribution in [0.15, 0.2) is 0 Å².